The topological polar surface area (TPSA) is 183 Å². The summed E-state index contributed by atoms with van der Waals surface area (Å²) in [5.41, 5.74) is 4.61. The second kappa shape index (κ2) is 29.4. The Morgan fingerprint density at radius 1 is 0.444 bits per heavy atom. The van der Waals surface area contributed by atoms with Gasteiger partial charge in [-0.25, -0.2) is 19.2 Å². The van der Waals surface area contributed by atoms with Gasteiger partial charge in [0.2, 0.25) is 0 Å². The average molecular weight is 1230 g/mol. The van der Waals surface area contributed by atoms with E-state index in [9.17, 15) is 33.9 Å². The van der Waals surface area contributed by atoms with E-state index in [2.05, 4.69) is 12.1 Å². The highest BCUT2D eigenvalue weighted by molar-refractivity contribution is 6.00. The van der Waals surface area contributed by atoms with Crippen LogP contribution in [0.2, 0.25) is 0 Å². The first kappa shape index (κ1) is 66.0. The predicted octanol–water partition coefficient (Wildman–Crippen LogP) is 11.9. The molecule has 5 aromatic carbocycles. The maximum absolute atomic E-state index is 14.8. The summed E-state index contributed by atoms with van der Waals surface area (Å²) in [5.74, 6) is -0.480. The highest BCUT2D eigenvalue weighted by Gasteiger charge is 2.40. The summed E-state index contributed by atoms with van der Waals surface area (Å²) in [5, 5.41) is 11.0. The van der Waals surface area contributed by atoms with Crippen LogP contribution in [0.1, 0.15) is 150 Å². The van der Waals surface area contributed by atoms with Gasteiger partial charge in [0.05, 0.1) is 55.4 Å². The molecule has 90 heavy (non-hydrogen) atoms. The van der Waals surface area contributed by atoms with Crippen LogP contribution in [0.3, 0.4) is 0 Å². The molecule has 2 aliphatic heterocycles. The number of ether oxygens (including phenoxy) is 3. The number of hydrogen-bond donors (Lipinski definition) is 1. The summed E-state index contributed by atoms with van der Waals surface area (Å²) in [7, 11) is 0. The fourth-order valence-corrected chi connectivity index (χ4v) is 12.6. The van der Waals surface area contributed by atoms with Crippen molar-refractivity contribution in [2.75, 3.05) is 52.4 Å². The number of imidazole rings is 2. The predicted molar refractivity (Wildman–Crippen MR) is 350 cm³/mol. The van der Waals surface area contributed by atoms with E-state index in [1.807, 2.05) is 186 Å². The Balaban J connectivity index is 0.000000214. The van der Waals surface area contributed by atoms with Crippen molar-refractivity contribution in [2.45, 2.75) is 156 Å². The maximum atomic E-state index is 14.8. The number of aliphatic hydroxyl groups is 1. The Morgan fingerprint density at radius 2 is 0.778 bits per heavy atom. The van der Waals surface area contributed by atoms with Crippen LogP contribution in [0.4, 0.5) is 9.59 Å². The number of rotatable bonds is 13. The first-order valence-corrected chi connectivity index (χ1v) is 31.6. The lowest BCUT2D eigenvalue weighted by molar-refractivity contribution is -0.0168. The van der Waals surface area contributed by atoms with Crippen molar-refractivity contribution in [3.8, 4) is 22.5 Å². The highest BCUT2D eigenvalue weighted by atomic mass is 16.6. The third-order valence-corrected chi connectivity index (χ3v) is 17.0. The molecule has 0 unspecified atom stereocenters. The second-order valence-corrected chi connectivity index (χ2v) is 25.7. The summed E-state index contributed by atoms with van der Waals surface area (Å²) < 4.78 is 24.5. The van der Waals surface area contributed by atoms with E-state index in [1.165, 1.54) is 0 Å². The van der Waals surface area contributed by atoms with Crippen molar-refractivity contribution in [1.29, 1.82) is 0 Å². The molecule has 0 bridgehead atoms. The minimum atomic E-state index is -0.670. The van der Waals surface area contributed by atoms with E-state index in [0.717, 1.165) is 66.3 Å². The zero-order valence-electron chi connectivity index (χ0n) is 52.4. The molecule has 0 spiro atoms. The van der Waals surface area contributed by atoms with Crippen molar-refractivity contribution in [2.24, 2.45) is 0 Å². The van der Waals surface area contributed by atoms with Gasteiger partial charge in [-0.05, 0) is 83.9 Å². The van der Waals surface area contributed by atoms with Gasteiger partial charge in [-0.3, -0.25) is 27.9 Å². The van der Waals surface area contributed by atoms with Gasteiger partial charge in [-0.1, -0.05) is 185 Å². The van der Waals surface area contributed by atoms with Crippen LogP contribution in [-0.2, 0) is 33.9 Å². The molecule has 2 aliphatic carbocycles. The lowest BCUT2D eigenvalue weighted by atomic mass is 9.91. The van der Waals surface area contributed by atoms with E-state index in [4.69, 9.17) is 14.2 Å². The van der Waals surface area contributed by atoms with E-state index in [1.54, 1.807) is 33.3 Å². The summed E-state index contributed by atoms with van der Waals surface area (Å²) in [4.78, 5) is 90.4. The summed E-state index contributed by atoms with van der Waals surface area (Å²) in [6.07, 6.45) is 5.05. The SMILES string of the molecule is C.CC(C)(C)OC(=O)N1CCN(C(=O)c2c(-c3ccccc3)n([C@@H]3CCCC[C@H]3O)c(=O)n2Cc2ccccc2)CC1.CC(C)(C)OC(=O)N1CCN(C(=O)c2c(-c3ccccc3)n([C@@H]3CCCC[C@H]3OCc3ccccc3)c(=O)n2Cc2ccccc2)CC1. The average Bonchev–Trinajstić information content (AvgIpc) is 1.60. The van der Waals surface area contributed by atoms with Gasteiger partial charge < -0.3 is 38.9 Å². The van der Waals surface area contributed by atoms with Crippen molar-refractivity contribution < 1.29 is 38.5 Å². The number of aromatic nitrogens is 4. The van der Waals surface area contributed by atoms with Gasteiger partial charge in [0.25, 0.3) is 11.8 Å². The Bertz CT molecular complexity index is 3630. The standard InChI is InChI=1S/C39H46N4O5.C32H40N4O5.CH4/c1-39(2,3)48-38(46)41-25-23-40(24-26-41)36(44)35-34(31-19-11-6-12-20-31)43(37(45)42(35)27-29-15-7-4-8-16-29)32-21-13-14-22-33(32)47-28-30-17-9-5-10-18-30;1-32(2,3)41-31(40)34-20-18-33(19-21-34)29(38)28-27(24-14-8-5-9-15-24)36(25-16-10-11-17-26(25)37)30(39)35(28)22-23-12-6-4-7-13-23;/h4-12,15-20,32-33H,13-14,21-28H2,1-3H3;4-9,12-15,25-26,37H,10-11,16-22H2,1-3H3;1H4/t32-,33-;25-,26-;/m11./s1. The molecule has 7 aromatic rings. The van der Waals surface area contributed by atoms with E-state index in [0.29, 0.717) is 94.6 Å². The number of hydrogen-bond acceptors (Lipinski definition) is 10. The van der Waals surface area contributed by atoms with Gasteiger partial charge >= 0.3 is 23.6 Å². The van der Waals surface area contributed by atoms with E-state index in [-0.39, 0.29) is 61.9 Å². The Kier molecular flexibility index (Phi) is 21.6. The summed E-state index contributed by atoms with van der Waals surface area (Å²) in [6.45, 7) is 14.7. The van der Waals surface area contributed by atoms with Crippen LogP contribution in [0.5, 0.6) is 0 Å². The van der Waals surface area contributed by atoms with E-state index < -0.39 is 29.4 Å². The van der Waals surface area contributed by atoms with Crippen LogP contribution in [0.15, 0.2) is 161 Å². The lowest BCUT2D eigenvalue weighted by Crippen LogP contribution is -2.52. The summed E-state index contributed by atoms with van der Waals surface area (Å²) >= 11 is 0. The third-order valence-electron chi connectivity index (χ3n) is 17.0. The zero-order valence-corrected chi connectivity index (χ0v) is 52.4. The molecule has 2 saturated heterocycles. The van der Waals surface area contributed by atoms with E-state index >= 15 is 0 Å². The molecule has 4 atom stereocenters. The first-order valence-electron chi connectivity index (χ1n) is 31.6. The highest BCUT2D eigenvalue weighted by Crippen LogP contribution is 2.38. The lowest BCUT2D eigenvalue weighted by Gasteiger charge is -2.36. The largest absolute Gasteiger partial charge is 0.444 e. The molecule has 18 heteroatoms. The number of nitrogens with zero attached hydrogens (tertiary/aromatic N) is 8. The van der Waals surface area contributed by atoms with Gasteiger partial charge in [0.1, 0.15) is 22.6 Å². The molecule has 4 amide bonds. The van der Waals surface area contributed by atoms with Gasteiger partial charge in [-0.15, -0.1) is 0 Å². The van der Waals surface area contributed by atoms with Crippen molar-refractivity contribution >= 4 is 24.0 Å². The molecule has 11 rings (SSSR count). The van der Waals surface area contributed by atoms with Crippen molar-refractivity contribution in [3.63, 3.8) is 0 Å². The molecular formula is C72H90N8O10. The molecule has 4 heterocycles. The van der Waals surface area contributed by atoms with Crippen LogP contribution in [0.25, 0.3) is 22.5 Å². The minimum absolute atomic E-state index is 0. The molecule has 0 radical (unpaired) electrons. The number of aliphatic hydroxyl groups excluding tert-OH is 1. The van der Waals surface area contributed by atoms with Crippen LogP contribution < -0.4 is 11.4 Å². The quantitative estimate of drug-likeness (QED) is 0.117. The molecule has 478 valence electrons. The zero-order chi connectivity index (χ0) is 62.8. The summed E-state index contributed by atoms with van der Waals surface area (Å²) in [6, 6.07) is 48.1. The number of amides is 4. The number of benzene rings is 5. The number of carbonyl (C=O) groups excluding carboxylic acids is 4. The third kappa shape index (κ3) is 15.7. The van der Waals surface area contributed by atoms with Gasteiger partial charge in [0, 0.05) is 63.5 Å². The van der Waals surface area contributed by atoms with Crippen LogP contribution in [0, 0.1) is 0 Å². The van der Waals surface area contributed by atoms with Crippen LogP contribution in [-0.4, -0.2) is 143 Å². The smallest absolute Gasteiger partial charge is 0.410 e. The Morgan fingerprint density at radius 3 is 1.17 bits per heavy atom. The molecular weight excluding hydrogens is 1140 g/mol. The number of carbonyl (C=O) groups is 4. The molecule has 2 aromatic heterocycles. The maximum Gasteiger partial charge on any atom is 0.410 e. The Labute approximate surface area is 529 Å². The fourth-order valence-electron chi connectivity index (χ4n) is 12.6. The normalized spacial score (nSPS) is 18.8. The monoisotopic (exact) mass is 1230 g/mol. The molecule has 4 fully saturated rings. The minimum Gasteiger partial charge on any atom is -0.444 e. The van der Waals surface area contributed by atoms with Gasteiger partial charge in [0.15, 0.2) is 0 Å². The first-order chi connectivity index (χ1) is 42.8. The van der Waals surface area contributed by atoms with Crippen LogP contribution >= 0.6 is 0 Å². The Hall–Kier alpha value is -8.48. The molecule has 18 nitrogen and oxygen atoms in total. The fraction of sp³-hybridized carbons (Fsp3) is 0.444. The molecule has 4 aliphatic rings. The van der Waals surface area contributed by atoms with Crippen molar-refractivity contribution in [1.82, 2.24) is 37.9 Å². The molecule has 1 N–H and O–H groups in total. The van der Waals surface area contributed by atoms with Gasteiger partial charge in [-0.2, -0.15) is 0 Å². The second-order valence-electron chi connectivity index (χ2n) is 25.7. The number of piperazine rings is 2. The van der Waals surface area contributed by atoms with Crippen molar-refractivity contribution in [3.05, 3.63) is 201 Å². The molecule has 2 saturated carbocycles.